The van der Waals surface area contributed by atoms with Gasteiger partial charge in [0.1, 0.15) is 0 Å². The summed E-state index contributed by atoms with van der Waals surface area (Å²) < 4.78 is 1.45. The minimum absolute atomic E-state index is 0.217. The molecular weight excluding hydrogens is 382 g/mol. The van der Waals surface area contributed by atoms with E-state index in [1.165, 1.54) is 44.6 Å². The largest absolute Gasteiger partial charge is 0.347 e. The zero-order valence-electron chi connectivity index (χ0n) is 18.3. The van der Waals surface area contributed by atoms with Crippen molar-refractivity contribution in [3.05, 3.63) is 83.9 Å². The maximum Gasteiger partial charge on any atom is 0.0939 e. The van der Waals surface area contributed by atoms with Crippen LogP contribution in [0.5, 0.6) is 0 Å². The molecule has 0 fully saturated rings. The Hall–Kier alpha value is -2.58. The molecule has 0 aliphatic heterocycles. The first kappa shape index (κ1) is 19.4. The third-order valence-electron chi connectivity index (χ3n) is 6.74. The van der Waals surface area contributed by atoms with Crippen molar-refractivity contribution in [1.82, 2.24) is 0 Å². The lowest BCUT2D eigenvalue weighted by Gasteiger charge is -2.42. The molecule has 0 unspecified atom stereocenters. The van der Waals surface area contributed by atoms with Crippen LogP contribution >= 0.6 is 11.3 Å². The number of anilines is 2. The molecule has 1 aromatic heterocycles. The van der Waals surface area contributed by atoms with E-state index in [4.69, 9.17) is 0 Å². The van der Waals surface area contributed by atoms with E-state index in [9.17, 15) is 0 Å². The SMILES string of the molecule is CC1(C)CCC(C)(C)c2c1ccc1cc(Nc3ccccc3-c3ccccc3)sc21. The lowest BCUT2D eigenvalue weighted by Crippen LogP contribution is -2.33. The summed E-state index contributed by atoms with van der Waals surface area (Å²) in [6.45, 7) is 9.63. The summed E-state index contributed by atoms with van der Waals surface area (Å²) in [5.41, 5.74) is 7.19. The van der Waals surface area contributed by atoms with E-state index >= 15 is 0 Å². The molecule has 0 saturated carbocycles. The zero-order chi connectivity index (χ0) is 20.9. The molecule has 3 aromatic carbocycles. The highest BCUT2D eigenvalue weighted by Crippen LogP contribution is 2.50. The van der Waals surface area contributed by atoms with Gasteiger partial charge in [-0.05, 0) is 57.9 Å². The van der Waals surface area contributed by atoms with Crippen molar-refractivity contribution >= 4 is 32.1 Å². The van der Waals surface area contributed by atoms with Gasteiger partial charge >= 0.3 is 0 Å². The average molecular weight is 412 g/mol. The van der Waals surface area contributed by atoms with Crippen LogP contribution < -0.4 is 5.32 Å². The Balaban J connectivity index is 1.60. The van der Waals surface area contributed by atoms with Crippen molar-refractivity contribution in [3.8, 4) is 11.1 Å². The molecular formula is C28H29NS. The second kappa shape index (κ2) is 6.99. The van der Waals surface area contributed by atoms with Gasteiger partial charge in [-0.1, -0.05) is 88.4 Å². The second-order valence-corrected chi connectivity index (χ2v) is 10.9. The topological polar surface area (TPSA) is 12.0 Å². The van der Waals surface area contributed by atoms with E-state index in [1.807, 2.05) is 11.3 Å². The maximum absolute atomic E-state index is 3.73. The van der Waals surface area contributed by atoms with Crippen LogP contribution in [0.25, 0.3) is 21.2 Å². The van der Waals surface area contributed by atoms with E-state index in [-0.39, 0.29) is 10.8 Å². The molecule has 1 aliphatic carbocycles. The van der Waals surface area contributed by atoms with Crippen LogP contribution in [0.4, 0.5) is 10.7 Å². The molecule has 1 aliphatic rings. The first-order valence-electron chi connectivity index (χ1n) is 10.8. The van der Waals surface area contributed by atoms with Gasteiger partial charge in [-0.2, -0.15) is 0 Å². The molecule has 2 heteroatoms. The number of benzene rings is 3. The zero-order valence-corrected chi connectivity index (χ0v) is 19.1. The third-order valence-corrected chi connectivity index (χ3v) is 7.82. The van der Waals surface area contributed by atoms with Crippen molar-refractivity contribution in [2.45, 2.75) is 51.4 Å². The quantitative estimate of drug-likeness (QED) is 0.355. The highest BCUT2D eigenvalue weighted by Gasteiger charge is 2.38. The number of nitrogens with one attached hydrogen (secondary N) is 1. The molecule has 0 atom stereocenters. The molecule has 0 bridgehead atoms. The van der Waals surface area contributed by atoms with Crippen LogP contribution in [-0.2, 0) is 10.8 Å². The molecule has 0 radical (unpaired) electrons. The molecule has 1 N–H and O–H groups in total. The Morgan fingerprint density at radius 1 is 0.767 bits per heavy atom. The first-order chi connectivity index (χ1) is 14.4. The van der Waals surface area contributed by atoms with Crippen molar-refractivity contribution in [3.63, 3.8) is 0 Å². The summed E-state index contributed by atoms with van der Waals surface area (Å²) in [5, 5.41) is 6.29. The smallest absolute Gasteiger partial charge is 0.0939 e. The van der Waals surface area contributed by atoms with Gasteiger partial charge in [-0.25, -0.2) is 0 Å². The van der Waals surface area contributed by atoms with Crippen molar-refractivity contribution in [2.75, 3.05) is 5.32 Å². The standard InChI is InChI=1S/C28H29NS/c1-27(2)16-17-28(3,4)25-22(27)15-14-20-18-24(30-26(20)25)29-23-13-9-8-12-21(23)19-10-6-5-7-11-19/h5-15,18,29H,16-17H2,1-4H3. The summed E-state index contributed by atoms with van der Waals surface area (Å²) in [6, 6.07) is 26.2. The van der Waals surface area contributed by atoms with Gasteiger partial charge in [0.05, 0.1) is 5.00 Å². The van der Waals surface area contributed by atoms with Crippen LogP contribution in [0.3, 0.4) is 0 Å². The van der Waals surface area contributed by atoms with E-state index < -0.39 is 0 Å². The van der Waals surface area contributed by atoms with Crippen molar-refractivity contribution in [1.29, 1.82) is 0 Å². The molecule has 1 heterocycles. The Morgan fingerprint density at radius 3 is 2.27 bits per heavy atom. The molecule has 0 saturated heterocycles. The predicted octanol–water partition coefficient (Wildman–Crippen LogP) is 8.66. The Kier molecular flexibility index (Phi) is 4.52. The molecule has 4 aromatic rings. The highest BCUT2D eigenvalue weighted by atomic mass is 32.1. The average Bonchev–Trinajstić information content (AvgIpc) is 3.14. The number of rotatable bonds is 3. The summed E-state index contributed by atoms with van der Waals surface area (Å²) in [5.74, 6) is 0. The van der Waals surface area contributed by atoms with Crippen LogP contribution in [-0.4, -0.2) is 0 Å². The maximum atomic E-state index is 3.73. The van der Waals surface area contributed by atoms with Gasteiger partial charge in [0.15, 0.2) is 0 Å². The lowest BCUT2D eigenvalue weighted by molar-refractivity contribution is 0.335. The van der Waals surface area contributed by atoms with Gasteiger partial charge in [-0.3, -0.25) is 0 Å². The van der Waals surface area contributed by atoms with Gasteiger partial charge in [0.25, 0.3) is 0 Å². The Labute approximate surface area is 183 Å². The second-order valence-electron chi connectivity index (χ2n) is 9.82. The van der Waals surface area contributed by atoms with Gasteiger partial charge < -0.3 is 5.32 Å². The van der Waals surface area contributed by atoms with Crippen LogP contribution in [0.2, 0.25) is 0 Å². The summed E-state index contributed by atoms with van der Waals surface area (Å²) in [7, 11) is 0. The predicted molar refractivity (Wildman–Crippen MR) is 132 cm³/mol. The summed E-state index contributed by atoms with van der Waals surface area (Å²) in [6.07, 6.45) is 2.49. The number of thiophene rings is 1. The lowest BCUT2D eigenvalue weighted by atomic mass is 9.63. The van der Waals surface area contributed by atoms with E-state index in [1.54, 1.807) is 5.56 Å². The van der Waals surface area contributed by atoms with Crippen molar-refractivity contribution < 1.29 is 0 Å². The fourth-order valence-electron chi connectivity index (χ4n) is 4.88. The number of fused-ring (bicyclic) bond motifs is 3. The minimum Gasteiger partial charge on any atom is -0.347 e. The Morgan fingerprint density at radius 2 is 1.47 bits per heavy atom. The van der Waals surface area contributed by atoms with E-state index in [0.29, 0.717) is 0 Å². The molecule has 1 nitrogen and oxygen atoms in total. The Bertz CT molecular complexity index is 1210. The highest BCUT2D eigenvalue weighted by molar-refractivity contribution is 7.23. The monoisotopic (exact) mass is 411 g/mol. The normalized spacial score (nSPS) is 16.9. The molecule has 5 rings (SSSR count). The third kappa shape index (κ3) is 3.24. The van der Waals surface area contributed by atoms with Gasteiger partial charge in [-0.15, -0.1) is 11.3 Å². The number of para-hydroxylation sites is 1. The van der Waals surface area contributed by atoms with Crippen LogP contribution in [0.15, 0.2) is 72.8 Å². The van der Waals surface area contributed by atoms with Crippen LogP contribution in [0, 0.1) is 0 Å². The molecule has 0 amide bonds. The number of hydrogen-bond donors (Lipinski definition) is 1. The van der Waals surface area contributed by atoms with Gasteiger partial charge in [0, 0.05) is 16.0 Å². The fourth-order valence-corrected chi connectivity index (χ4v) is 6.18. The number of hydrogen-bond acceptors (Lipinski definition) is 2. The summed E-state index contributed by atoms with van der Waals surface area (Å²) in [4.78, 5) is 0. The first-order valence-corrected chi connectivity index (χ1v) is 11.7. The van der Waals surface area contributed by atoms with E-state index in [0.717, 1.165) is 5.69 Å². The van der Waals surface area contributed by atoms with Gasteiger partial charge in [0.2, 0.25) is 0 Å². The molecule has 152 valence electrons. The fraction of sp³-hybridized carbons (Fsp3) is 0.286. The molecule has 0 spiro atoms. The minimum atomic E-state index is 0.217. The van der Waals surface area contributed by atoms with E-state index in [2.05, 4.69) is 106 Å². The summed E-state index contributed by atoms with van der Waals surface area (Å²) >= 11 is 1.90. The molecule has 30 heavy (non-hydrogen) atoms. The van der Waals surface area contributed by atoms with Crippen molar-refractivity contribution in [2.24, 2.45) is 0 Å². The van der Waals surface area contributed by atoms with Crippen LogP contribution in [0.1, 0.15) is 51.7 Å².